The number of ether oxygens (including phenoxy) is 1. The number of aromatic nitrogens is 3. The van der Waals surface area contributed by atoms with Crippen LogP contribution in [0.25, 0.3) is 11.0 Å². The summed E-state index contributed by atoms with van der Waals surface area (Å²) >= 11 is 0. The predicted molar refractivity (Wildman–Crippen MR) is 92.4 cm³/mol. The fraction of sp³-hybridized carbons (Fsp3) is 0.125. The molecule has 0 saturated carbocycles. The van der Waals surface area contributed by atoms with Crippen LogP contribution in [0, 0.1) is 10.1 Å². The summed E-state index contributed by atoms with van der Waals surface area (Å²) in [4.78, 5) is 22.3. The second-order valence-corrected chi connectivity index (χ2v) is 5.35. The number of rotatable bonds is 6. The van der Waals surface area contributed by atoms with Crippen LogP contribution in [0.4, 0.5) is 5.69 Å². The van der Waals surface area contributed by atoms with E-state index in [4.69, 9.17) is 4.74 Å². The van der Waals surface area contributed by atoms with Crippen LogP contribution in [0.3, 0.4) is 0 Å². The van der Waals surface area contributed by atoms with Crippen LogP contribution >= 0.6 is 0 Å². The Morgan fingerprint density at radius 3 is 2.93 bits per heavy atom. The van der Waals surface area contributed by atoms with Crippen LogP contribution in [0.5, 0.6) is 11.5 Å². The molecule has 1 N–H and O–H groups in total. The zero-order valence-electron chi connectivity index (χ0n) is 14.0. The van der Waals surface area contributed by atoms with Crippen molar-refractivity contribution < 1.29 is 19.6 Å². The third kappa shape index (κ3) is 3.81. The van der Waals surface area contributed by atoms with Crippen molar-refractivity contribution in [3.05, 3.63) is 52.1 Å². The summed E-state index contributed by atoms with van der Waals surface area (Å²) in [5, 5.41) is 34.5. The summed E-state index contributed by atoms with van der Waals surface area (Å²) < 4.78 is 6.23. The molecule has 0 aliphatic heterocycles. The number of hydrogen-bond acceptors (Lipinski definition) is 8. The molecule has 3 rings (SSSR count). The van der Waals surface area contributed by atoms with E-state index in [0.29, 0.717) is 11.0 Å². The molecule has 0 radical (unpaired) electrons. The van der Waals surface area contributed by atoms with E-state index in [1.807, 2.05) is 0 Å². The number of nitro groups is 1. The lowest BCUT2D eigenvalue weighted by molar-refractivity contribution is -0.385. The quantitative estimate of drug-likeness (QED) is 0.379. The van der Waals surface area contributed by atoms with Gasteiger partial charge in [0.05, 0.1) is 29.8 Å². The normalized spacial score (nSPS) is 11.0. The molecule has 0 aliphatic rings. The van der Waals surface area contributed by atoms with Gasteiger partial charge in [0.2, 0.25) is 0 Å². The molecule has 3 aromatic rings. The molecule has 11 nitrogen and oxygen atoms in total. The molecule has 1 heterocycles. The highest BCUT2D eigenvalue weighted by Crippen LogP contribution is 2.31. The highest BCUT2D eigenvalue weighted by Gasteiger charge is 2.12. The molecule has 0 unspecified atom stereocenters. The number of nitrogens with zero attached hydrogens (tertiary/aromatic N) is 5. The lowest BCUT2D eigenvalue weighted by Crippen LogP contribution is -2.23. The first kappa shape index (κ1) is 17.8. The monoisotopic (exact) mass is 369 g/mol. The number of benzene rings is 2. The summed E-state index contributed by atoms with van der Waals surface area (Å²) in [7, 11) is 1.23. The van der Waals surface area contributed by atoms with Gasteiger partial charge in [0.15, 0.2) is 0 Å². The topological polar surface area (TPSA) is 148 Å². The second-order valence-electron chi connectivity index (χ2n) is 5.35. The Labute approximate surface area is 152 Å². The summed E-state index contributed by atoms with van der Waals surface area (Å²) in [5.74, 6) is -1.28. The van der Waals surface area contributed by atoms with Gasteiger partial charge in [0.1, 0.15) is 17.8 Å². The zero-order chi connectivity index (χ0) is 19.4. The molecule has 2 aromatic carbocycles. The van der Waals surface area contributed by atoms with Gasteiger partial charge in [0.25, 0.3) is 11.6 Å². The van der Waals surface area contributed by atoms with Gasteiger partial charge < -0.3 is 9.84 Å². The number of hydrogen-bond donors (Lipinski definition) is 1. The molecule has 0 bridgehead atoms. The van der Waals surface area contributed by atoms with E-state index in [2.05, 4.69) is 20.8 Å². The van der Waals surface area contributed by atoms with Crippen LogP contribution < -0.4 is 15.3 Å². The predicted octanol–water partition coefficient (Wildman–Crippen LogP) is 0.572. The van der Waals surface area contributed by atoms with Crippen molar-refractivity contribution in [3.8, 4) is 11.5 Å². The molecule has 0 spiro atoms. The van der Waals surface area contributed by atoms with Crippen molar-refractivity contribution in [1.82, 2.24) is 20.4 Å². The van der Waals surface area contributed by atoms with Crippen LogP contribution in [0.15, 0.2) is 41.5 Å². The third-order valence-electron chi connectivity index (χ3n) is 3.61. The van der Waals surface area contributed by atoms with Gasteiger partial charge >= 0.3 is 0 Å². The van der Waals surface area contributed by atoms with Crippen LogP contribution in [-0.2, 0) is 11.3 Å². The number of nitrogens with one attached hydrogen (secondary N) is 1. The molecule has 0 atom stereocenters. The largest absolute Gasteiger partial charge is 0.870 e. The third-order valence-corrected chi connectivity index (χ3v) is 3.61. The van der Waals surface area contributed by atoms with Gasteiger partial charge in [-0.3, -0.25) is 14.9 Å². The number of nitro benzene ring substituents is 1. The number of methoxy groups -OCH3 is 1. The van der Waals surface area contributed by atoms with Crippen molar-refractivity contribution in [2.75, 3.05) is 7.11 Å². The molecule has 27 heavy (non-hydrogen) atoms. The van der Waals surface area contributed by atoms with Gasteiger partial charge in [-0.15, -0.1) is 5.10 Å². The van der Waals surface area contributed by atoms with Crippen LogP contribution in [0.2, 0.25) is 0 Å². The van der Waals surface area contributed by atoms with Crippen LogP contribution in [0.1, 0.15) is 5.56 Å². The number of amides is 1. The molecule has 0 saturated heterocycles. The molecular formula is C16H13N6O5-. The van der Waals surface area contributed by atoms with E-state index < -0.39 is 16.6 Å². The number of carbonyl (C=O) groups excluding carboxylic acids is 1. The van der Waals surface area contributed by atoms with Gasteiger partial charge in [-0.05, 0) is 17.7 Å². The first-order valence-electron chi connectivity index (χ1n) is 7.63. The SMILES string of the molecule is COc1cc([N+](=O)[O-])cc(/C=N\NC(=O)Cn2nnc3ccccc32)c1[O-]. The van der Waals surface area contributed by atoms with E-state index in [0.717, 1.165) is 18.3 Å². The minimum absolute atomic E-state index is 0.0902. The van der Waals surface area contributed by atoms with Crippen molar-refractivity contribution in [2.45, 2.75) is 6.54 Å². The first-order chi connectivity index (χ1) is 13.0. The Kier molecular flexibility index (Phi) is 4.92. The fourth-order valence-corrected chi connectivity index (χ4v) is 2.34. The van der Waals surface area contributed by atoms with Gasteiger partial charge in [-0.1, -0.05) is 23.1 Å². The van der Waals surface area contributed by atoms with E-state index in [-0.39, 0.29) is 23.5 Å². The summed E-state index contributed by atoms with van der Waals surface area (Å²) in [5.41, 5.74) is 3.15. The smallest absolute Gasteiger partial charge is 0.273 e. The average Bonchev–Trinajstić information content (AvgIpc) is 3.06. The summed E-state index contributed by atoms with van der Waals surface area (Å²) in [6.07, 6.45) is 1.02. The van der Waals surface area contributed by atoms with Gasteiger partial charge in [0, 0.05) is 6.07 Å². The lowest BCUT2D eigenvalue weighted by Gasteiger charge is -2.14. The summed E-state index contributed by atoms with van der Waals surface area (Å²) in [6.45, 7) is -0.139. The Morgan fingerprint density at radius 1 is 1.41 bits per heavy atom. The van der Waals surface area contributed by atoms with Crippen LogP contribution in [-0.4, -0.2) is 39.1 Å². The molecule has 1 amide bonds. The standard InChI is InChI=1S/C16H14N6O5/c1-27-14-7-11(22(25)26)6-10(16(14)24)8-17-19-15(23)9-21-13-5-3-2-4-12(13)18-20-21/h2-8,24H,9H2,1H3,(H,19,23)/p-1/b17-8-. The number of para-hydroxylation sites is 1. The average molecular weight is 369 g/mol. The lowest BCUT2D eigenvalue weighted by atomic mass is 10.2. The minimum Gasteiger partial charge on any atom is -0.870 e. The maximum atomic E-state index is 12.1. The Hall–Kier alpha value is -4.02. The highest BCUT2D eigenvalue weighted by molar-refractivity contribution is 5.87. The first-order valence-corrected chi connectivity index (χ1v) is 7.63. The minimum atomic E-state index is -0.659. The van der Waals surface area contributed by atoms with E-state index in [9.17, 15) is 20.0 Å². The van der Waals surface area contributed by atoms with Gasteiger partial charge in [-0.2, -0.15) is 5.10 Å². The molecule has 1 aromatic heterocycles. The maximum absolute atomic E-state index is 12.1. The number of non-ortho nitro benzene ring substituents is 1. The van der Waals surface area contributed by atoms with Crippen molar-refractivity contribution in [3.63, 3.8) is 0 Å². The summed E-state index contributed by atoms with van der Waals surface area (Å²) in [6, 6.07) is 9.20. The van der Waals surface area contributed by atoms with Crippen molar-refractivity contribution in [1.29, 1.82) is 0 Å². The van der Waals surface area contributed by atoms with Crippen molar-refractivity contribution in [2.24, 2.45) is 5.10 Å². The molecular weight excluding hydrogens is 356 g/mol. The Morgan fingerprint density at radius 2 is 2.19 bits per heavy atom. The van der Waals surface area contributed by atoms with E-state index in [1.165, 1.54) is 11.8 Å². The molecule has 138 valence electrons. The Balaban J connectivity index is 1.72. The Bertz CT molecular complexity index is 1040. The molecule has 0 fully saturated rings. The number of fused-ring (bicyclic) bond motifs is 1. The maximum Gasteiger partial charge on any atom is 0.273 e. The number of hydrazone groups is 1. The zero-order valence-corrected chi connectivity index (χ0v) is 14.0. The fourth-order valence-electron chi connectivity index (χ4n) is 2.34. The van der Waals surface area contributed by atoms with Crippen molar-refractivity contribution >= 4 is 28.8 Å². The van der Waals surface area contributed by atoms with E-state index >= 15 is 0 Å². The van der Waals surface area contributed by atoms with Gasteiger partial charge in [-0.25, -0.2) is 10.1 Å². The second kappa shape index (κ2) is 7.47. The molecule has 11 heteroatoms. The molecule has 0 aliphatic carbocycles. The highest BCUT2D eigenvalue weighted by atomic mass is 16.6. The number of carbonyl (C=O) groups is 1. The van der Waals surface area contributed by atoms with E-state index in [1.54, 1.807) is 24.3 Å².